The van der Waals surface area contributed by atoms with Crippen molar-refractivity contribution in [1.82, 2.24) is 10.2 Å². The molecule has 2 aliphatic rings. The van der Waals surface area contributed by atoms with Crippen LogP contribution in [-0.2, 0) is 6.42 Å². The van der Waals surface area contributed by atoms with E-state index < -0.39 is 0 Å². The first-order valence-corrected chi connectivity index (χ1v) is 12.6. The summed E-state index contributed by atoms with van der Waals surface area (Å²) in [6.07, 6.45) is 11.2. The maximum absolute atomic E-state index is 13.1. The monoisotopic (exact) mass is 444 g/mol. The zero-order chi connectivity index (χ0) is 23.0. The van der Waals surface area contributed by atoms with Gasteiger partial charge in [-0.3, -0.25) is 9.59 Å². The number of nitrogens with zero attached hydrogens (tertiary/aromatic N) is 1. The Morgan fingerprint density at radius 1 is 1.03 bits per heavy atom. The summed E-state index contributed by atoms with van der Waals surface area (Å²) in [5.74, 6) is 0.360. The van der Waals surface area contributed by atoms with Crippen molar-refractivity contribution in [2.24, 2.45) is 0 Å². The van der Waals surface area contributed by atoms with Crippen LogP contribution in [0.1, 0.15) is 89.6 Å². The number of carbonyl (C=O) groups excluding carboxylic acids is 2. The third-order valence-corrected chi connectivity index (χ3v) is 7.05. The molecule has 0 bridgehead atoms. The van der Waals surface area contributed by atoms with Crippen molar-refractivity contribution in [2.75, 3.05) is 19.6 Å². The van der Waals surface area contributed by atoms with Gasteiger partial charge in [-0.25, -0.2) is 0 Å². The number of likely N-dealkylation sites (tertiary alicyclic amines) is 1. The number of hydrogen-bond donors (Lipinski definition) is 1. The van der Waals surface area contributed by atoms with Crippen molar-refractivity contribution in [3.8, 4) is 0 Å². The molecule has 1 atom stereocenters. The molecule has 2 aromatic rings. The zero-order valence-corrected chi connectivity index (χ0v) is 19.8. The lowest BCUT2D eigenvalue weighted by Crippen LogP contribution is -2.39. The van der Waals surface area contributed by atoms with Gasteiger partial charge >= 0.3 is 0 Å². The highest BCUT2D eigenvalue weighted by molar-refractivity contribution is 5.95. The first-order valence-electron chi connectivity index (χ1n) is 12.6. The smallest absolute Gasteiger partial charge is 0.253 e. The van der Waals surface area contributed by atoms with Crippen LogP contribution in [0.3, 0.4) is 0 Å². The first kappa shape index (κ1) is 23.3. The Morgan fingerprint density at radius 2 is 1.88 bits per heavy atom. The molecule has 174 valence electrons. The third-order valence-electron chi connectivity index (χ3n) is 7.05. The summed E-state index contributed by atoms with van der Waals surface area (Å²) in [7, 11) is 0. The molecule has 1 heterocycles. The van der Waals surface area contributed by atoms with Gasteiger partial charge < -0.3 is 10.2 Å². The Bertz CT molecular complexity index is 993. The van der Waals surface area contributed by atoms with Crippen LogP contribution in [-0.4, -0.2) is 36.3 Å². The SMILES string of the molecule is CCc1ccc(C(=O)N2CCC[C@@H](c3cccc(C(=O)NCCC4=CCCCC4)c3)C2)cc1. The lowest BCUT2D eigenvalue weighted by molar-refractivity contribution is 0.0706. The molecule has 1 aliphatic carbocycles. The second-order valence-electron chi connectivity index (χ2n) is 9.38. The second-order valence-corrected chi connectivity index (χ2v) is 9.38. The van der Waals surface area contributed by atoms with Crippen LogP contribution >= 0.6 is 0 Å². The van der Waals surface area contributed by atoms with Crippen LogP contribution in [0.5, 0.6) is 0 Å². The molecule has 0 saturated carbocycles. The van der Waals surface area contributed by atoms with Crippen LogP contribution in [0.4, 0.5) is 0 Å². The fourth-order valence-electron chi connectivity index (χ4n) is 5.00. The van der Waals surface area contributed by atoms with Gasteiger partial charge in [0.1, 0.15) is 0 Å². The quantitative estimate of drug-likeness (QED) is 0.542. The van der Waals surface area contributed by atoms with Crippen LogP contribution in [0.2, 0.25) is 0 Å². The van der Waals surface area contributed by atoms with Crippen molar-refractivity contribution in [3.63, 3.8) is 0 Å². The molecular weight excluding hydrogens is 408 g/mol. The van der Waals surface area contributed by atoms with Crippen molar-refractivity contribution >= 4 is 11.8 Å². The Morgan fingerprint density at radius 3 is 2.64 bits per heavy atom. The summed E-state index contributed by atoms with van der Waals surface area (Å²) < 4.78 is 0. The molecule has 4 heteroatoms. The fraction of sp³-hybridized carbons (Fsp3) is 0.448. The molecule has 0 aromatic heterocycles. The average Bonchev–Trinajstić information content (AvgIpc) is 2.89. The molecule has 2 amide bonds. The van der Waals surface area contributed by atoms with Gasteiger partial charge in [0, 0.05) is 36.7 Å². The van der Waals surface area contributed by atoms with E-state index in [1.165, 1.54) is 36.8 Å². The number of benzene rings is 2. The number of hydrogen-bond acceptors (Lipinski definition) is 2. The van der Waals surface area contributed by atoms with Crippen LogP contribution in [0.15, 0.2) is 60.2 Å². The Hall–Kier alpha value is -2.88. The Kier molecular flexibility index (Phi) is 7.98. The minimum absolute atomic E-state index is 0.00647. The van der Waals surface area contributed by atoms with E-state index in [1.54, 1.807) is 0 Å². The predicted molar refractivity (Wildman–Crippen MR) is 134 cm³/mol. The minimum atomic E-state index is -0.00647. The number of amides is 2. The van der Waals surface area contributed by atoms with Crippen LogP contribution in [0.25, 0.3) is 0 Å². The summed E-state index contributed by atoms with van der Waals surface area (Å²) in [5.41, 5.74) is 5.34. The summed E-state index contributed by atoms with van der Waals surface area (Å²) in [6.45, 7) is 4.31. The van der Waals surface area contributed by atoms with Crippen molar-refractivity contribution in [2.45, 2.75) is 64.2 Å². The van der Waals surface area contributed by atoms with Crippen LogP contribution < -0.4 is 5.32 Å². The molecule has 1 fully saturated rings. The minimum Gasteiger partial charge on any atom is -0.352 e. The zero-order valence-electron chi connectivity index (χ0n) is 19.8. The summed E-state index contributed by atoms with van der Waals surface area (Å²) in [4.78, 5) is 27.8. The van der Waals surface area contributed by atoms with E-state index in [0.29, 0.717) is 18.7 Å². The highest BCUT2D eigenvalue weighted by Crippen LogP contribution is 2.28. The van der Waals surface area contributed by atoms with Crippen molar-refractivity contribution in [1.29, 1.82) is 0 Å². The fourth-order valence-corrected chi connectivity index (χ4v) is 5.00. The average molecular weight is 445 g/mol. The van der Waals surface area contributed by atoms with Gasteiger partial charge in [0.25, 0.3) is 11.8 Å². The van der Waals surface area contributed by atoms with Gasteiger partial charge in [-0.05, 0) is 86.8 Å². The molecule has 0 spiro atoms. The molecule has 1 aliphatic heterocycles. The largest absolute Gasteiger partial charge is 0.352 e. The summed E-state index contributed by atoms with van der Waals surface area (Å²) in [6, 6.07) is 15.9. The van der Waals surface area contributed by atoms with E-state index in [4.69, 9.17) is 0 Å². The van der Waals surface area contributed by atoms with E-state index in [1.807, 2.05) is 47.4 Å². The second kappa shape index (κ2) is 11.3. The molecule has 2 aromatic carbocycles. The Balaban J connectivity index is 1.36. The summed E-state index contributed by atoms with van der Waals surface area (Å²) >= 11 is 0. The van der Waals surface area contributed by atoms with Gasteiger partial charge in [-0.1, -0.05) is 42.8 Å². The van der Waals surface area contributed by atoms with E-state index in [9.17, 15) is 9.59 Å². The molecule has 4 rings (SSSR count). The lowest BCUT2D eigenvalue weighted by atomic mass is 9.89. The number of piperidine rings is 1. The Labute approximate surface area is 198 Å². The molecule has 1 N–H and O–H groups in total. The number of carbonyl (C=O) groups is 2. The molecule has 33 heavy (non-hydrogen) atoms. The molecule has 4 nitrogen and oxygen atoms in total. The van der Waals surface area contributed by atoms with E-state index in [2.05, 4.69) is 24.4 Å². The standard InChI is InChI=1S/C29H36N2O2/c1-2-22-13-15-24(16-14-22)29(33)31-19-7-12-27(21-31)25-10-6-11-26(20-25)28(32)30-18-17-23-8-4-3-5-9-23/h6,8,10-11,13-16,20,27H,2-5,7,9,12,17-19,21H2,1H3,(H,30,32)/t27-/m1/s1. The number of rotatable bonds is 7. The van der Waals surface area contributed by atoms with Gasteiger partial charge in [-0.2, -0.15) is 0 Å². The van der Waals surface area contributed by atoms with E-state index in [0.717, 1.165) is 43.4 Å². The number of nitrogens with one attached hydrogen (secondary N) is 1. The highest BCUT2D eigenvalue weighted by atomic mass is 16.2. The maximum atomic E-state index is 13.1. The van der Waals surface area contributed by atoms with Gasteiger partial charge in [0.05, 0.1) is 0 Å². The first-order chi connectivity index (χ1) is 16.1. The van der Waals surface area contributed by atoms with Crippen molar-refractivity contribution in [3.05, 3.63) is 82.4 Å². The van der Waals surface area contributed by atoms with E-state index >= 15 is 0 Å². The van der Waals surface area contributed by atoms with Gasteiger partial charge in [-0.15, -0.1) is 0 Å². The molecule has 0 unspecified atom stereocenters. The normalized spacial score (nSPS) is 18.5. The van der Waals surface area contributed by atoms with Gasteiger partial charge in [0.15, 0.2) is 0 Å². The summed E-state index contributed by atoms with van der Waals surface area (Å²) in [5, 5.41) is 3.09. The molecule has 0 radical (unpaired) electrons. The highest BCUT2D eigenvalue weighted by Gasteiger charge is 2.26. The molecule has 1 saturated heterocycles. The third kappa shape index (κ3) is 6.13. The topological polar surface area (TPSA) is 49.4 Å². The van der Waals surface area contributed by atoms with E-state index in [-0.39, 0.29) is 17.7 Å². The number of allylic oxidation sites excluding steroid dienone is 1. The predicted octanol–water partition coefficient (Wildman–Crippen LogP) is 5.89. The molecular formula is C29H36N2O2. The lowest BCUT2D eigenvalue weighted by Gasteiger charge is -2.33. The number of aryl methyl sites for hydroxylation is 1. The van der Waals surface area contributed by atoms with Gasteiger partial charge in [0.2, 0.25) is 0 Å². The van der Waals surface area contributed by atoms with Crippen LogP contribution in [0, 0.1) is 0 Å². The maximum Gasteiger partial charge on any atom is 0.253 e. The van der Waals surface area contributed by atoms with Crippen molar-refractivity contribution < 1.29 is 9.59 Å².